The van der Waals surface area contributed by atoms with Crippen LogP contribution >= 0.6 is 11.6 Å². The number of aryl methyl sites for hydroxylation is 2. The fraction of sp³-hybridized carbons (Fsp3) is 0.333. The van der Waals surface area contributed by atoms with Crippen LogP contribution < -0.4 is 16.0 Å². The van der Waals surface area contributed by atoms with Crippen LogP contribution in [-0.4, -0.2) is 7.11 Å². The molecule has 108 valence electrons. The van der Waals surface area contributed by atoms with Gasteiger partial charge in [-0.3, -0.25) is 5.84 Å². The van der Waals surface area contributed by atoms with Crippen molar-refractivity contribution in [3.05, 3.63) is 51.4 Å². The number of methoxy groups -OCH3 is 1. The molecule has 0 amide bonds. The maximum Gasteiger partial charge on any atom is 0.124 e. The van der Waals surface area contributed by atoms with E-state index in [2.05, 4.69) is 5.43 Å². The van der Waals surface area contributed by atoms with Gasteiger partial charge in [-0.15, -0.1) is 0 Å². The molecular formula is C15H19ClN2O2. The summed E-state index contributed by atoms with van der Waals surface area (Å²) in [5.74, 6) is 8.22. The minimum absolute atomic E-state index is 0.235. The first-order chi connectivity index (χ1) is 9.49. The summed E-state index contributed by atoms with van der Waals surface area (Å²) in [5, 5.41) is 0.636. The van der Waals surface area contributed by atoms with Gasteiger partial charge in [0.25, 0.3) is 0 Å². The van der Waals surface area contributed by atoms with E-state index >= 15 is 0 Å². The van der Waals surface area contributed by atoms with E-state index in [0.29, 0.717) is 5.02 Å². The van der Waals surface area contributed by atoms with Gasteiger partial charge in [-0.1, -0.05) is 11.6 Å². The van der Waals surface area contributed by atoms with Gasteiger partial charge in [0.15, 0.2) is 0 Å². The first-order valence-corrected chi connectivity index (χ1v) is 6.73. The Morgan fingerprint density at radius 1 is 1.25 bits per heavy atom. The molecule has 0 saturated heterocycles. The summed E-state index contributed by atoms with van der Waals surface area (Å²) in [6.45, 7) is 5.88. The molecule has 2 aromatic rings. The zero-order valence-electron chi connectivity index (χ0n) is 12.1. The highest BCUT2D eigenvalue weighted by Gasteiger charge is 2.24. The highest BCUT2D eigenvalue weighted by molar-refractivity contribution is 6.30. The monoisotopic (exact) mass is 294 g/mol. The normalized spacial score (nSPS) is 12.5. The van der Waals surface area contributed by atoms with Crippen molar-refractivity contribution < 1.29 is 9.15 Å². The molecular weight excluding hydrogens is 276 g/mol. The predicted octanol–water partition coefficient (Wildman–Crippen LogP) is 3.42. The minimum Gasteiger partial charge on any atom is -0.496 e. The number of hydrogen-bond acceptors (Lipinski definition) is 4. The fourth-order valence-electron chi connectivity index (χ4n) is 2.49. The summed E-state index contributed by atoms with van der Waals surface area (Å²) in [4.78, 5) is 0. The van der Waals surface area contributed by atoms with Gasteiger partial charge in [0, 0.05) is 16.1 Å². The van der Waals surface area contributed by atoms with E-state index in [1.165, 1.54) is 0 Å². The van der Waals surface area contributed by atoms with Crippen molar-refractivity contribution in [2.45, 2.75) is 26.8 Å². The number of nitrogens with one attached hydrogen (secondary N) is 1. The molecule has 1 heterocycles. The Balaban J connectivity index is 2.61. The van der Waals surface area contributed by atoms with Crippen LogP contribution in [0.1, 0.15) is 34.3 Å². The number of nitrogens with two attached hydrogens (primary N) is 1. The largest absolute Gasteiger partial charge is 0.496 e. The molecule has 1 aromatic heterocycles. The molecule has 1 atom stereocenters. The summed E-state index contributed by atoms with van der Waals surface area (Å²) in [5.41, 5.74) is 5.81. The first kappa shape index (κ1) is 14.9. The maximum absolute atomic E-state index is 6.10. The Morgan fingerprint density at radius 2 is 1.95 bits per heavy atom. The van der Waals surface area contributed by atoms with Crippen molar-refractivity contribution >= 4 is 11.6 Å². The third-order valence-corrected chi connectivity index (χ3v) is 3.81. The Hall–Kier alpha value is -1.49. The highest BCUT2D eigenvalue weighted by atomic mass is 35.5. The quantitative estimate of drug-likeness (QED) is 0.670. The van der Waals surface area contributed by atoms with E-state index in [4.69, 9.17) is 26.6 Å². The van der Waals surface area contributed by atoms with Gasteiger partial charge in [-0.25, -0.2) is 5.43 Å². The SMILES string of the molecule is COc1ccc(Cl)cc1C(NN)c1c(C)oc(C)c1C. The standard InChI is InChI=1S/C15H19ClN2O2/c1-8-9(2)20-10(3)14(8)15(18-17)12-7-11(16)5-6-13(12)19-4/h5-7,15,18H,17H2,1-4H3. The van der Waals surface area contributed by atoms with Gasteiger partial charge >= 0.3 is 0 Å². The second-order valence-electron chi connectivity index (χ2n) is 4.74. The van der Waals surface area contributed by atoms with Crippen molar-refractivity contribution in [1.29, 1.82) is 0 Å². The zero-order chi connectivity index (χ0) is 14.9. The second-order valence-corrected chi connectivity index (χ2v) is 5.18. The van der Waals surface area contributed by atoms with E-state index in [0.717, 1.165) is 34.0 Å². The molecule has 2 rings (SSSR count). The van der Waals surface area contributed by atoms with Gasteiger partial charge in [0.1, 0.15) is 17.3 Å². The minimum atomic E-state index is -0.235. The molecule has 0 saturated carbocycles. The fourth-order valence-corrected chi connectivity index (χ4v) is 2.67. The van der Waals surface area contributed by atoms with Crippen LogP contribution in [0.3, 0.4) is 0 Å². The number of furan rings is 1. The molecule has 0 aliphatic heterocycles. The van der Waals surface area contributed by atoms with E-state index in [1.54, 1.807) is 13.2 Å². The summed E-state index contributed by atoms with van der Waals surface area (Å²) >= 11 is 6.10. The summed E-state index contributed by atoms with van der Waals surface area (Å²) in [7, 11) is 1.63. The van der Waals surface area contributed by atoms with Crippen molar-refractivity contribution in [2.75, 3.05) is 7.11 Å². The average Bonchev–Trinajstić information content (AvgIpc) is 2.67. The van der Waals surface area contributed by atoms with Crippen LogP contribution in [0.15, 0.2) is 22.6 Å². The smallest absolute Gasteiger partial charge is 0.124 e. The van der Waals surface area contributed by atoms with E-state index in [1.807, 2.05) is 32.9 Å². The van der Waals surface area contributed by atoms with Gasteiger partial charge in [-0.05, 0) is 44.5 Å². The van der Waals surface area contributed by atoms with Crippen LogP contribution in [0.4, 0.5) is 0 Å². The van der Waals surface area contributed by atoms with Crippen LogP contribution in [0, 0.1) is 20.8 Å². The number of ether oxygens (including phenoxy) is 1. The van der Waals surface area contributed by atoms with E-state index in [9.17, 15) is 0 Å². The van der Waals surface area contributed by atoms with Crippen LogP contribution in [0.25, 0.3) is 0 Å². The van der Waals surface area contributed by atoms with E-state index < -0.39 is 0 Å². The van der Waals surface area contributed by atoms with Gasteiger partial charge in [0.2, 0.25) is 0 Å². The molecule has 5 heteroatoms. The Morgan fingerprint density at radius 3 is 2.45 bits per heavy atom. The molecule has 0 radical (unpaired) electrons. The lowest BCUT2D eigenvalue weighted by Gasteiger charge is -2.20. The van der Waals surface area contributed by atoms with Crippen molar-refractivity contribution in [3.63, 3.8) is 0 Å². The molecule has 1 unspecified atom stereocenters. The van der Waals surface area contributed by atoms with Crippen molar-refractivity contribution in [3.8, 4) is 5.75 Å². The number of benzene rings is 1. The van der Waals surface area contributed by atoms with Crippen molar-refractivity contribution in [1.82, 2.24) is 5.43 Å². The molecule has 0 spiro atoms. The summed E-state index contributed by atoms with van der Waals surface area (Å²) < 4.78 is 11.1. The van der Waals surface area contributed by atoms with E-state index in [-0.39, 0.29) is 6.04 Å². The maximum atomic E-state index is 6.10. The van der Waals surface area contributed by atoms with Gasteiger partial charge in [-0.2, -0.15) is 0 Å². The predicted molar refractivity (Wildman–Crippen MR) is 80.1 cm³/mol. The van der Waals surface area contributed by atoms with Crippen LogP contribution in [0.2, 0.25) is 5.02 Å². The third-order valence-electron chi connectivity index (χ3n) is 3.58. The Kier molecular flexibility index (Phi) is 4.38. The molecule has 3 N–H and O–H groups in total. The van der Waals surface area contributed by atoms with Crippen LogP contribution in [0.5, 0.6) is 5.75 Å². The first-order valence-electron chi connectivity index (χ1n) is 6.35. The lowest BCUT2D eigenvalue weighted by molar-refractivity contribution is 0.403. The number of halogens is 1. The average molecular weight is 295 g/mol. The lowest BCUT2D eigenvalue weighted by atomic mass is 9.95. The van der Waals surface area contributed by atoms with Crippen molar-refractivity contribution in [2.24, 2.45) is 5.84 Å². The molecule has 0 aliphatic rings. The molecule has 0 bridgehead atoms. The Bertz CT molecular complexity index is 623. The number of rotatable bonds is 4. The van der Waals surface area contributed by atoms with Crippen LogP contribution in [-0.2, 0) is 0 Å². The number of hydrazine groups is 1. The Labute approximate surface area is 123 Å². The second kappa shape index (κ2) is 5.87. The zero-order valence-corrected chi connectivity index (χ0v) is 12.8. The highest BCUT2D eigenvalue weighted by Crippen LogP contribution is 2.36. The topological polar surface area (TPSA) is 60.4 Å². The third kappa shape index (κ3) is 2.54. The summed E-state index contributed by atoms with van der Waals surface area (Å²) in [6.07, 6.45) is 0. The summed E-state index contributed by atoms with van der Waals surface area (Å²) in [6, 6.07) is 5.24. The molecule has 1 aromatic carbocycles. The molecule has 4 nitrogen and oxygen atoms in total. The molecule has 0 aliphatic carbocycles. The number of hydrogen-bond donors (Lipinski definition) is 2. The lowest BCUT2D eigenvalue weighted by Crippen LogP contribution is -2.29. The molecule has 20 heavy (non-hydrogen) atoms. The van der Waals surface area contributed by atoms with Gasteiger partial charge < -0.3 is 9.15 Å². The van der Waals surface area contributed by atoms with Gasteiger partial charge in [0.05, 0.1) is 13.2 Å². The molecule has 0 fully saturated rings.